The van der Waals surface area contributed by atoms with Gasteiger partial charge in [0.25, 0.3) is 0 Å². The highest BCUT2D eigenvalue weighted by Crippen LogP contribution is 2.27. The van der Waals surface area contributed by atoms with Crippen molar-refractivity contribution in [2.24, 2.45) is 0 Å². The molecule has 0 heterocycles. The van der Waals surface area contributed by atoms with Gasteiger partial charge in [-0.3, -0.25) is 9.59 Å². The number of hydrogen-bond acceptors (Lipinski definition) is 2. The monoisotopic (exact) mass is 468 g/mol. The molecule has 2 aromatic rings. The minimum atomic E-state index is -0.635. The summed E-state index contributed by atoms with van der Waals surface area (Å²) in [6, 6.07) is 11.8. The van der Waals surface area contributed by atoms with Gasteiger partial charge >= 0.3 is 0 Å². The molecule has 2 amide bonds. The second-order valence-electron chi connectivity index (χ2n) is 7.23. The molecule has 4 nitrogen and oxygen atoms in total. The van der Waals surface area contributed by atoms with Crippen LogP contribution in [0.2, 0.25) is 15.1 Å². The van der Waals surface area contributed by atoms with Gasteiger partial charge in [0, 0.05) is 27.7 Å². The van der Waals surface area contributed by atoms with Crippen molar-refractivity contribution in [3.63, 3.8) is 0 Å². The topological polar surface area (TPSA) is 49.4 Å². The first-order valence-corrected chi connectivity index (χ1v) is 11.2. The molecule has 1 N–H and O–H groups in total. The average Bonchev–Trinajstić information content (AvgIpc) is 2.71. The number of amides is 2. The van der Waals surface area contributed by atoms with Crippen LogP contribution in [0.4, 0.5) is 0 Å². The Hall–Kier alpha value is -1.75. The lowest BCUT2D eigenvalue weighted by Crippen LogP contribution is -2.51. The molecule has 0 unspecified atom stereocenters. The molecule has 0 bridgehead atoms. The van der Waals surface area contributed by atoms with E-state index in [9.17, 15) is 9.59 Å². The standard InChI is InChI=1S/C23H27Cl3N2O2/c1-4-15(3)27-23(30)21(5-2)28(14-16-9-6-7-10-18(16)24)22(29)13-17-19(25)11-8-12-20(17)26/h6-12,15,21H,4-5,13-14H2,1-3H3,(H,27,30)/t15-,21-/m1/s1. The maximum atomic E-state index is 13.4. The number of rotatable bonds is 9. The summed E-state index contributed by atoms with van der Waals surface area (Å²) in [7, 11) is 0. The van der Waals surface area contributed by atoms with E-state index in [0.29, 0.717) is 27.1 Å². The first-order valence-electron chi connectivity index (χ1n) is 10.0. The third-order valence-electron chi connectivity index (χ3n) is 5.08. The summed E-state index contributed by atoms with van der Waals surface area (Å²) in [5, 5.41) is 4.37. The van der Waals surface area contributed by atoms with Crippen LogP contribution in [-0.2, 0) is 22.6 Å². The first kappa shape index (κ1) is 24.5. The number of carbonyl (C=O) groups excluding carboxylic acids is 2. The van der Waals surface area contributed by atoms with Gasteiger partial charge in [-0.1, -0.05) is 72.9 Å². The van der Waals surface area contributed by atoms with Crippen LogP contribution in [0.25, 0.3) is 0 Å². The molecule has 2 aromatic carbocycles. The zero-order chi connectivity index (χ0) is 22.3. The normalized spacial score (nSPS) is 12.9. The van der Waals surface area contributed by atoms with Crippen LogP contribution >= 0.6 is 34.8 Å². The van der Waals surface area contributed by atoms with Crippen LogP contribution in [-0.4, -0.2) is 28.8 Å². The molecule has 0 radical (unpaired) electrons. The molecular weight excluding hydrogens is 443 g/mol. The average molecular weight is 470 g/mol. The van der Waals surface area contributed by atoms with Crippen molar-refractivity contribution in [1.82, 2.24) is 10.2 Å². The summed E-state index contributed by atoms with van der Waals surface area (Å²) in [6.45, 7) is 6.04. The van der Waals surface area contributed by atoms with E-state index in [-0.39, 0.29) is 30.8 Å². The smallest absolute Gasteiger partial charge is 0.243 e. The maximum Gasteiger partial charge on any atom is 0.243 e. The number of halogens is 3. The molecule has 30 heavy (non-hydrogen) atoms. The molecule has 162 valence electrons. The third-order valence-corrected chi connectivity index (χ3v) is 6.15. The Morgan fingerprint density at radius 2 is 1.53 bits per heavy atom. The Morgan fingerprint density at radius 1 is 0.933 bits per heavy atom. The number of carbonyl (C=O) groups is 2. The lowest BCUT2D eigenvalue weighted by atomic mass is 10.1. The molecule has 0 spiro atoms. The summed E-state index contributed by atoms with van der Waals surface area (Å²) in [4.78, 5) is 27.9. The molecule has 2 rings (SSSR count). The molecule has 2 atom stereocenters. The minimum absolute atomic E-state index is 0.00390. The zero-order valence-electron chi connectivity index (χ0n) is 17.4. The summed E-state index contributed by atoms with van der Waals surface area (Å²) in [6.07, 6.45) is 1.26. The van der Waals surface area contributed by atoms with Gasteiger partial charge in [-0.2, -0.15) is 0 Å². The van der Waals surface area contributed by atoms with E-state index >= 15 is 0 Å². The van der Waals surface area contributed by atoms with Crippen molar-refractivity contribution in [2.75, 3.05) is 0 Å². The highest BCUT2D eigenvalue weighted by Gasteiger charge is 2.30. The van der Waals surface area contributed by atoms with Gasteiger partial charge in [-0.25, -0.2) is 0 Å². The van der Waals surface area contributed by atoms with E-state index in [1.807, 2.05) is 39.0 Å². The van der Waals surface area contributed by atoms with Gasteiger partial charge in [0.05, 0.1) is 6.42 Å². The van der Waals surface area contributed by atoms with Crippen molar-refractivity contribution in [2.45, 2.75) is 58.7 Å². The van der Waals surface area contributed by atoms with E-state index in [4.69, 9.17) is 34.8 Å². The zero-order valence-corrected chi connectivity index (χ0v) is 19.7. The number of benzene rings is 2. The molecule has 0 saturated heterocycles. The Morgan fingerprint density at radius 3 is 2.10 bits per heavy atom. The van der Waals surface area contributed by atoms with E-state index in [0.717, 1.165) is 12.0 Å². The SMILES string of the molecule is CC[C@@H](C)NC(=O)[C@@H](CC)N(Cc1ccccc1Cl)C(=O)Cc1c(Cl)cccc1Cl. The summed E-state index contributed by atoms with van der Waals surface area (Å²) in [5.74, 6) is -0.423. The fraction of sp³-hybridized carbons (Fsp3) is 0.391. The quantitative estimate of drug-likeness (QED) is 0.496. The van der Waals surface area contributed by atoms with E-state index in [1.54, 1.807) is 29.2 Å². The van der Waals surface area contributed by atoms with E-state index in [2.05, 4.69) is 5.32 Å². The lowest BCUT2D eigenvalue weighted by molar-refractivity contribution is -0.141. The summed E-state index contributed by atoms with van der Waals surface area (Å²) >= 11 is 18.9. The van der Waals surface area contributed by atoms with Gasteiger partial charge in [0.15, 0.2) is 0 Å². The second kappa shape index (κ2) is 11.6. The molecule has 0 aliphatic rings. The fourth-order valence-corrected chi connectivity index (χ4v) is 3.85. The van der Waals surface area contributed by atoms with Crippen LogP contribution in [0.3, 0.4) is 0 Å². The fourth-order valence-electron chi connectivity index (χ4n) is 3.12. The van der Waals surface area contributed by atoms with E-state index < -0.39 is 6.04 Å². The Labute approximate surface area is 193 Å². The van der Waals surface area contributed by atoms with Crippen LogP contribution < -0.4 is 5.32 Å². The van der Waals surface area contributed by atoms with Crippen molar-refractivity contribution in [3.05, 3.63) is 68.7 Å². The molecule has 0 aromatic heterocycles. The Balaban J connectivity index is 2.37. The predicted octanol–water partition coefficient (Wildman–Crippen LogP) is 5.91. The van der Waals surface area contributed by atoms with Gasteiger partial charge < -0.3 is 10.2 Å². The number of nitrogens with one attached hydrogen (secondary N) is 1. The Bertz CT molecular complexity index is 868. The first-order chi connectivity index (χ1) is 14.3. The molecule has 0 aliphatic carbocycles. The van der Waals surface area contributed by atoms with Gasteiger partial charge in [-0.15, -0.1) is 0 Å². The van der Waals surface area contributed by atoms with Crippen molar-refractivity contribution >= 4 is 46.6 Å². The summed E-state index contributed by atoms with van der Waals surface area (Å²) < 4.78 is 0. The Kier molecular flexibility index (Phi) is 9.47. The van der Waals surface area contributed by atoms with E-state index in [1.165, 1.54) is 0 Å². The number of nitrogens with zero attached hydrogens (tertiary/aromatic N) is 1. The minimum Gasteiger partial charge on any atom is -0.352 e. The molecular formula is C23H27Cl3N2O2. The summed E-state index contributed by atoms with van der Waals surface area (Å²) in [5.41, 5.74) is 1.32. The molecule has 0 aliphatic heterocycles. The van der Waals surface area contributed by atoms with Gasteiger partial charge in [0.2, 0.25) is 11.8 Å². The van der Waals surface area contributed by atoms with Crippen LogP contribution in [0.5, 0.6) is 0 Å². The van der Waals surface area contributed by atoms with Crippen LogP contribution in [0, 0.1) is 0 Å². The highest BCUT2D eigenvalue weighted by atomic mass is 35.5. The molecule has 0 fully saturated rings. The predicted molar refractivity (Wildman–Crippen MR) is 124 cm³/mol. The largest absolute Gasteiger partial charge is 0.352 e. The lowest BCUT2D eigenvalue weighted by Gasteiger charge is -2.32. The van der Waals surface area contributed by atoms with Crippen LogP contribution in [0.15, 0.2) is 42.5 Å². The third kappa shape index (κ3) is 6.37. The molecule has 0 saturated carbocycles. The van der Waals surface area contributed by atoms with Crippen molar-refractivity contribution in [3.8, 4) is 0 Å². The van der Waals surface area contributed by atoms with Crippen molar-refractivity contribution in [1.29, 1.82) is 0 Å². The maximum absolute atomic E-state index is 13.4. The highest BCUT2D eigenvalue weighted by molar-refractivity contribution is 6.36. The van der Waals surface area contributed by atoms with Crippen LogP contribution in [0.1, 0.15) is 44.7 Å². The number of hydrogen-bond donors (Lipinski definition) is 1. The molecule has 7 heteroatoms. The van der Waals surface area contributed by atoms with Gasteiger partial charge in [0.1, 0.15) is 6.04 Å². The van der Waals surface area contributed by atoms with Crippen molar-refractivity contribution < 1.29 is 9.59 Å². The second-order valence-corrected chi connectivity index (χ2v) is 8.45. The van der Waals surface area contributed by atoms with Gasteiger partial charge in [-0.05, 0) is 49.1 Å².